The summed E-state index contributed by atoms with van der Waals surface area (Å²) in [6, 6.07) is 129. The van der Waals surface area contributed by atoms with Crippen molar-refractivity contribution in [1.82, 2.24) is 29.1 Å². The van der Waals surface area contributed by atoms with Crippen LogP contribution in [0.25, 0.3) is 157 Å². The number of imidazole rings is 2. The molecule has 0 bridgehead atoms. The molecule has 15 aromatic carbocycles. The summed E-state index contributed by atoms with van der Waals surface area (Å²) in [7, 11) is 0. The summed E-state index contributed by atoms with van der Waals surface area (Å²) < 4.78 is 4.54. The molecule has 0 radical (unpaired) electrons. The van der Waals surface area contributed by atoms with Gasteiger partial charge in [-0.2, -0.15) is 0 Å². The Bertz CT molecular complexity index is 6070. The van der Waals surface area contributed by atoms with Gasteiger partial charge in [-0.1, -0.05) is 267 Å². The van der Waals surface area contributed by atoms with Crippen LogP contribution in [0.1, 0.15) is 44.5 Å². The fourth-order valence-electron chi connectivity index (χ4n) is 18.1. The molecule has 0 fully saturated rings. The molecule has 6 heteroatoms. The van der Waals surface area contributed by atoms with Gasteiger partial charge in [0.05, 0.1) is 55.3 Å². The van der Waals surface area contributed by atoms with Crippen LogP contribution in [-0.4, -0.2) is 29.1 Å². The lowest BCUT2D eigenvalue weighted by Crippen LogP contribution is -2.26. The molecule has 4 aliphatic rings. The average molecular weight is 1300 g/mol. The van der Waals surface area contributed by atoms with Crippen molar-refractivity contribution in [3.63, 3.8) is 0 Å². The first-order valence-electron chi connectivity index (χ1n) is 35.1. The quantitative estimate of drug-likeness (QED) is 0.152. The van der Waals surface area contributed by atoms with Crippen LogP contribution in [0.3, 0.4) is 0 Å². The number of benzene rings is 15. The van der Waals surface area contributed by atoms with Crippen molar-refractivity contribution in [1.29, 1.82) is 0 Å². The Morgan fingerprint density at radius 2 is 0.451 bits per heavy atom. The van der Waals surface area contributed by atoms with Crippen molar-refractivity contribution in [2.45, 2.75) is 10.8 Å². The lowest BCUT2D eigenvalue weighted by atomic mass is 9.69. The van der Waals surface area contributed by atoms with Gasteiger partial charge in [-0.25, -0.2) is 19.9 Å². The van der Waals surface area contributed by atoms with Crippen LogP contribution in [0.5, 0.6) is 0 Å². The van der Waals surface area contributed by atoms with Crippen molar-refractivity contribution in [3.8, 4) is 123 Å². The second-order valence-corrected chi connectivity index (χ2v) is 27.5. The minimum absolute atomic E-state index is 0.647. The Morgan fingerprint density at radius 1 is 0.186 bits per heavy atom. The zero-order valence-corrected chi connectivity index (χ0v) is 55.2. The highest BCUT2D eigenvalue weighted by atomic mass is 15.1. The van der Waals surface area contributed by atoms with Gasteiger partial charge in [0.15, 0.2) is 0 Å². The van der Waals surface area contributed by atoms with Crippen molar-refractivity contribution >= 4 is 33.1 Å². The second kappa shape index (κ2) is 21.5. The smallest absolute Gasteiger partial charge is 0.145 e. The Labute approximate surface area is 589 Å². The monoisotopic (exact) mass is 1290 g/mol. The molecule has 22 rings (SSSR count). The maximum atomic E-state index is 5.74. The minimum Gasteiger partial charge on any atom is -0.292 e. The Morgan fingerprint density at radius 3 is 0.814 bits per heavy atom. The Kier molecular flexibility index (Phi) is 11.9. The summed E-state index contributed by atoms with van der Waals surface area (Å²) in [6.07, 6.45) is 0. The third-order valence-electron chi connectivity index (χ3n) is 22.4. The van der Waals surface area contributed by atoms with E-state index in [1.807, 2.05) is 0 Å². The molecule has 0 unspecified atom stereocenters. The van der Waals surface area contributed by atoms with E-state index in [1.165, 1.54) is 89.0 Å². The second-order valence-electron chi connectivity index (χ2n) is 27.5. The molecular weight excluding hydrogens is 1240 g/mol. The van der Waals surface area contributed by atoms with E-state index in [4.69, 9.17) is 19.9 Å². The van der Waals surface area contributed by atoms with Crippen LogP contribution in [-0.2, 0) is 10.8 Å². The van der Waals surface area contributed by atoms with Gasteiger partial charge < -0.3 is 0 Å². The SMILES string of the molecule is c1ccc(-n2c(-c3ccc(-c4ccc5c(c4)C4(c6ccccc6-c6ccccc64)c4cc(-c6nc7ccccc7nc6-c6ccc7c(c6)C6(c8ccccc8-c8ccccc86)c6cc(-c8ccc(-c9nc%10ccccc%10n9-c9ccccc9)cc8)ccc6-7)ccc4-5)cc3)nc3ccccc32)cc1. The maximum absolute atomic E-state index is 5.74. The van der Waals surface area contributed by atoms with Crippen LogP contribution >= 0.6 is 0 Å². The van der Waals surface area contributed by atoms with Gasteiger partial charge in [-0.3, -0.25) is 9.13 Å². The van der Waals surface area contributed by atoms with Crippen molar-refractivity contribution < 1.29 is 0 Å². The molecule has 3 aromatic heterocycles. The first-order chi connectivity index (χ1) is 50.6. The molecule has 2 spiro atoms. The minimum atomic E-state index is -0.647. The van der Waals surface area contributed by atoms with E-state index in [2.05, 4.69) is 361 Å². The van der Waals surface area contributed by atoms with Crippen LogP contribution < -0.4 is 0 Å². The molecule has 0 atom stereocenters. The number of aromatic nitrogens is 6. The van der Waals surface area contributed by atoms with E-state index in [9.17, 15) is 0 Å². The average Bonchev–Trinajstić information content (AvgIpc) is 1.51. The molecule has 0 N–H and O–H groups in total. The molecule has 6 nitrogen and oxygen atoms in total. The highest BCUT2D eigenvalue weighted by molar-refractivity contribution is 6.01. The molecule has 3 heterocycles. The summed E-state index contributed by atoms with van der Waals surface area (Å²) in [6.45, 7) is 0. The van der Waals surface area contributed by atoms with Crippen LogP contribution in [0.15, 0.2) is 352 Å². The number of rotatable bonds is 8. The lowest BCUT2D eigenvalue weighted by molar-refractivity contribution is 0.794. The summed E-state index contributed by atoms with van der Waals surface area (Å²) in [5.41, 5.74) is 37.1. The first kappa shape index (κ1) is 56.6. The third kappa shape index (κ3) is 7.89. The molecule has 18 aromatic rings. The summed E-state index contributed by atoms with van der Waals surface area (Å²) in [5, 5.41) is 0. The summed E-state index contributed by atoms with van der Waals surface area (Å²) >= 11 is 0. The molecule has 0 saturated carbocycles. The van der Waals surface area contributed by atoms with Crippen molar-refractivity contribution in [2.75, 3.05) is 0 Å². The van der Waals surface area contributed by atoms with E-state index < -0.39 is 10.8 Å². The van der Waals surface area contributed by atoms with Crippen LogP contribution in [0.4, 0.5) is 0 Å². The fourth-order valence-corrected chi connectivity index (χ4v) is 18.1. The predicted molar refractivity (Wildman–Crippen MR) is 414 cm³/mol. The van der Waals surface area contributed by atoms with Gasteiger partial charge in [0.2, 0.25) is 0 Å². The maximum Gasteiger partial charge on any atom is 0.145 e. The van der Waals surface area contributed by atoms with E-state index >= 15 is 0 Å². The van der Waals surface area contributed by atoms with E-state index in [0.717, 1.165) is 112 Å². The Balaban J connectivity index is 0.692. The normalized spacial score (nSPS) is 13.5. The number of fused-ring (bicyclic) bond motifs is 23. The van der Waals surface area contributed by atoms with Gasteiger partial charge in [0, 0.05) is 33.6 Å². The number of para-hydroxylation sites is 8. The Hall–Kier alpha value is -13.4. The number of hydrogen-bond donors (Lipinski definition) is 0. The van der Waals surface area contributed by atoms with E-state index in [0.29, 0.717) is 0 Å². The van der Waals surface area contributed by atoms with Gasteiger partial charge in [-0.05, 0) is 196 Å². The largest absolute Gasteiger partial charge is 0.292 e. The molecular formula is C96H58N6. The number of nitrogens with zero attached hydrogens (tertiary/aromatic N) is 6. The summed E-state index contributed by atoms with van der Waals surface area (Å²) in [5.74, 6) is 1.82. The zero-order chi connectivity index (χ0) is 66.8. The van der Waals surface area contributed by atoms with Gasteiger partial charge in [0.1, 0.15) is 11.6 Å². The predicted octanol–water partition coefficient (Wildman–Crippen LogP) is 23.0. The number of hydrogen-bond acceptors (Lipinski definition) is 4. The highest BCUT2D eigenvalue weighted by Gasteiger charge is 2.54. The molecule has 4 aliphatic carbocycles. The van der Waals surface area contributed by atoms with Crippen LogP contribution in [0.2, 0.25) is 0 Å². The summed E-state index contributed by atoms with van der Waals surface area (Å²) in [4.78, 5) is 21.9. The van der Waals surface area contributed by atoms with Gasteiger partial charge >= 0.3 is 0 Å². The van der Waals surface area contributed by atoms with Crippen molar-refractivity contribution in [3.05, 3.63) is 396 Å². The van der Waals surface area contributed by atoms with E-state index in [-0.39, 0.29) is 0 Å². The topological polar surface area (TPSA) is 61.4 Å². The molecule has 102 heavy (non-hydrogen) atoms. The van der Waals surface area contributed by atoms with Gasteiger partial charge in [-0.15, -0.1) is 0 Å². The first-order valence-corrected chi connectivity index (χ1v) is 35.1. The molecule has 0 amide bonds. The molecule has 472 valence electrons. The fraction of sp³-hybridized carbons (Fsp3) is 0.0208. The molecule has 0 saturated heterocycles. The third-order valence-corrected chi connectivity index (χ3v) is 22.4. The van der Waals surface area contributed by atoms with E-state index in [1.54, 1.807) is 0 Å². The standard InChI is InChI=1S/C96H58N6/c1-3-21-67(22-4-1)101-89-37-19-17-35-87(89)99-93(101)61-43-39-59(40-44-61)63-47-51-73-75-53-49-65(57-83(75)95(81(73)55-63)77-29-11-7-25-69(77)70-26-8-12-30-78(70)95)91-92(98-86-34-16-15-33-85(86)97-91)66-50-54-76-74-52-48-64(56-82(74)96(84(76)58-66)79-31-13-9-27-71(79)72-28-10-14-32-80(72)96)60-41-45-62(46-42-60)94-100-88-36-18-20-38-90(88)102(94)68-23-5-2-6-24-68/h1-58H. The zero-order valence-electron chi connectivity index (χ0n) is 55.2. The van der Waals surface area contributed by atoms with Crippen molar-refractivity contribution in [2.24, 2.45) is 0 Å². The highest BCUT2D eigenvalue weighted by Crippen LogP contribution is 2.66. The van der Waals surface area contributed by atoms with Crippen LogP contribution in [0, 0.1) is 0 Å². The lowest BCUT2D eigenvalue weighted by Gasteiger charge is -2.31. The molecule has 0 aliphatic heterocycles. The van der Waals surface area contributed by atoms with Gasteiger partial charge in [0.25, 0.3) is 0 Å².